The van der Waals surface area contributed by atoms with Crippen LogP contribution in [0.5, 0.6) is 5.75 Å². The summed E-state index contributed by atoms with van der Waals surface area (Å²) < 4.78 is 5.35. The lowest BCUT2D eigenvalue weighted by atomic mass is 9.98. The molecular weight excluding hydrogens is 228 g/mol. The van der Waals surface area contributed by atoms with E-state index >= 15 is 0 Å². The van der Waals surface area contributed by atoms with E-state index in [1.165, 1.54) is 6.08 Å². The molecule has 3 heteroatoms. The maximum atomic E-state index is 10.3. The van der Waals surface area contributed by atoms with Crippen LogP contribution in [0.3, 0.4) is 0 Å². The minimum absolute atomic E-state index is 0.908. The highest BCUT2D eigenvalue weighted by molar-refractivity contribution is 5.80. The van der Waals surface area contributed by atoms with E-state index in [0.717, 1.165) is 34.1 Å². The Labute approximate surface area is 107 Å². The van der Waals surface area contributed by atoms with Gasteiger partial charge in [0.2, 0.25) is 0 Å². The SMILES string of the molecule is COc1c(C)cc(/C=C/C=C/C(=O)O)c(C)c1C. The number of carboxylic acid groups (broad SMARTS) is 1. The van der Waals surface area contributed by atoms with E-state index in [-0.39, 0.29) is 0 Å². The van der Waals surface area contributed by atoms with Crippen LogP contribution in [0.1, 0.15) is 22.3 Å². The predicted octanol–water partition coefficient (Wildman–Crippen LogP) is 3.27. The fourth-order valence-corrected chi connectivity index (χ4v) is 1.87. The fourth-order valence-electron chi connectivity index (χ4n) is 1.87. The van der Waals surface area contributed by atoms with Crippen LogP contribution in [0.4, 0.5) is 0 Å². The Morgan fingerprint density at radius 1 is 1.22 bits per heavy atom. The number of hydrogen-bond acceptors (Lipinski definition) is 2. The lowest BCUT2D eigenvalue weighted by molar-refractivity contribution is -0.131. The summed E-state index contributed by atoms with van der Waals surface area (Å²) in [7, 11) is 1.67. The van der Waals surface area contributed by atoms with Crippen LogP contribution in [0.25, 0.3) is 6.08 Å². The number of aryl methyl sites for hydroxylation is 1. The van der Waals surface area contributed by atoms with Crippen molar-refractivity contribution in [3.63, 3.8) is 0 Å². The molecule has 0 aliphatic rings. The molecule has 0 amide bonds. The first-order valence-corrected chi connectivity index (χ1v) is 5.69. The standard InChI is InChI=1S/C15H18O3/c1-10-9-13(7-5-6-8-14(16)17)11(2)12(3)15(10)18-4/h5-9H,1-4H3,(H,16,17)/b7-5+,8-6+. The van der Waals surface area contributed by atoms with Gasteiger partial charge in [-0.3, -0.25) is 0 Å². The van der Waals surface area contributed by atoms with Gasteiger partial charge in [0.25, 0.3) is 0 Å². The number of benzene rings is 1. The molecule has 18 heavy (non-hydrogen) atoms. The fraction of sp³-hybridized carbons (Fsp3) is 0.267. The maximum absolute atomic E-state index is 10.3. The lowest BCUT2D eigenvalue weighted by Crippen LogP contribution is -1.96. The zero-order chi connectivity index (χ0) is 13.7. The van der Waals surface area contributed by atoms with Crippen molar-refractivity contribution in [3.8, 4) is 5.75 Å². The van der Waals surface area contributed by atoms with Crippen LogP contribution < -0.4 is 4.74 Å². The largest absolute Gasteiger partial charge is 0.496 e. The smallest absolute Gasteiger partial charge is 0.328 e. The minimum Gasteiger partial charge on any atom is -0.496 e. The average molecular weight is 246 g/mol. The second kappa shape index (κ2) is 6.05. The van der Waals surface area contributed by atoms with Crippen molar-refractivity contribution >= 4 is 12.0 Å². The molecule has 0 saturated carbocycles. The van der Waals surface area contributed by atoms with Gasteiger partial charge in [0.1, 0.15) is 5.75 Å². The van der Waals surface area contributed by atoms with Gasteiger partial charge in [0.05, 0.1) is 7.11 Å². The molecular formula is C15H18O3. The molecule has 0 spiro atoms. The Kier molecular flexibility index (Phi) is 4.72. The number of carbonyl (C=O) groups is 1. The van der Waals surface area contributed by atoms with E-state index in [1.807, 2.05) is 32.9 Å². The first-order valence-electron chi connectivity index (χ1n) is 5.69. The molecule has 1 rings (SSSR count). The van der Waals surface area contributed by atoms with E-state index in [1.54, 1.807) is 13.2 Å². The van der Waals surface area contributed by atoms with E-state index in [4.69, 9.17) is 9.84 Å². The third-order valence-corrected chi connectivity index (χ3v) is 2.90. The summed E-state index contributed by atoms with van der Waals surface area (Å²) in [6, 6.07) is 2.03. The molecule has 0 aromatic heterocycles. The monoisotopic (exact) mass is 246 g/mol. The van der Waals surface area contributed by atoms with Crippen LogP contribution in [-0.4, -0.2) is 18.2 Å². The van der Waals surface area contributed by atoms with Gasteiger partial charge < -0.3 is 9.84 Å². The predicted molar refractivity (Wildman–Crippen MR) is 73.0 cm³/mol. The van der Waals surface area contributed by atoms with Crippen molar-refractivity contribution in [1.29, 1.82) is 0 Å². The van der Waals surface area contributed by atoms with Crippen LogP contribution in [0.2, 0.25) is 0 Å². The summed E-state index contributed by atoms with van der Waals surface area (Å²) in [5.74, 6) is -0.0378. The van der Waals surface area contributed by atoms with Crippen LogP contribution in [0, 0.1) is 20.8 Å². The number of ether oxygens (including phenoxy) is 1. The van der Waals surface area contributed by atoms with Gasteiger partial charge in [-0.25, -0.2) is 4.79 Å². The molecule has 1 N–H and O–H groups in total. The van der Waals surface area contributed by atoms with Gasteiger partial charge >= 0.3 is 5.97 Å². The Balaban J connectivity index is 3.08. The van der Waals surface area contributed by atoms with Crippen LogP contribution >= 0.6 is 0 Å². The summed E-state index contributed by atoms with van der Waals surface area (Å²) in [6.45, 7) is 6.04. The first-order chi connectivity index (χ1) is 8.47. The molecule has 0 unspecified atom stereocenters. The van der Waals surface area contributed by atoms with Gasteiger partial charge in [-0.1, -0.05) is 18.2 Å². The first kappa shape index (κ1) is 14.0. The van der Waals surface area contributed by atoms with Crippen molar-refractivity contribution in [3.05, 3.63) is 46.5 Å². The Morgan fingerprint density at radius 3 is 2.44 bits per heavy atom. The van der Waals surface area contributed by atoms with E-state index < -0.39 is 5.97 Å². The van der Waals surface area contributed by atoms with Crippen molar-refractivity contribution < 1.29 is 14.6 Å². The highest BCUT2D eigenvalue weighted by Gasteiger charge is 2.08. The van der Waals surface area contributed by atoms with Gasteiger partial charge in [-0.2, -0.15) is 0 Å². The van der Waals surface area contributed by atoms with E-state index in [0.29, 0.717) is 0 Å². The zero-order valence-electron chi connectivity index (χ0n) is 11.2. The normalized spacial score (nSPS) is 11.3. The third-order valence-electron chi connectivity index (χ3n) is 2.90. The molecule has 0 bridgehead atoms. The zero-order valence-corrected chi connectivity index (χ0v) is 11.2. The molecule has 0 radical (unpaired) electrons. The molecule has 0 aliphatic carbocycles. The summed E-state index contributed by atoms with van der Waals surface area (Å²) in [5, 5.41) is 8.48. The Morgan fingerprint density at radius 2 is 1.89 bits per heavy atom. The maximum Gasteiger partial charge on any atom is 0.328 e. The molecule has 96 valence electrons. The van der Waals surface area contributed by atoms with Crippen molar-refractivity contribution in [1.82, 2.24) is 0 Å². The van der Waals surface area contributed by atoms with Gasteiger partial charge in [0.15, 0.2) is 0 Å². The molecule has 0 saturated heterocycles. The topological polar surface area (TPSA) is 46.5 Å². The molecule has 1 aromatic rings. The summed E-state index contributed by atoms with van der Waals surface area (Å²) >= 11 is 0. The van der Waals surface area contributed by atoms with Crippen molar-refractivity contribution in [2.24, 2.45) is 0 Å². The number of hydrogen-bond donors (Lipinski definition) is 1. The summed E-state index contributed by atoms with van der Waals surface area (Å²) in [5.41, 5.74) is 4.39. The van der Waals surface area contributed by atoms with Crippen molar-refractivity contribution in [2.75, 3.05) is 7.11 Å². The van der Waals surface area contributed by atoms with E-state index in [9.17, 15) is 4.79 Å². The second-order valence-corrected chi connectivity index (χ2v) is 4.12. The lowest BCUT2D eigenvalue weighted by Gasteiger charge is -2.13. The van der Waals surface area contributed by atoms with E-state index in [2.05, 4.69) is 0 Å². The summed E-state index contributed by atoms with van der Waals surface area (Å²) in [6.07, 6.45) is 6.24. The number of methoxy groups -OCH3 is 1. The minimum atomic E-state index is -0.946. The molecule has 0 heterocycles. The number of allylic oxidation sites excluding steroid dienone is 2. The number of rotatable bonds is 4. The molecule has 0 fully saturated rings. The summed E-state index contributed by atoms with van der Waals surface area (Å²) in [4.78, 5) is 10.3. The van der Waals surface area contributed by atoms with Crippen molar-refractivity contribution in [2.45, 2.75) is 20.8 Å². The average Bonchev–Trinajstić information content (AvgIpc) is 2.31. The second-order valence-electron chi connectivity index (χ2n) is 4.12. The molecule has 0 aliphatic heterocycles. The Hall–Kier alpha value is -2.03. The number of aliphatic carboxylic acids is 1. The third kappa shape index (κ3) is 3.23. The van der Waals surface area contributed by atoms with Crippen LogP contribution in [-0.2, 0) is 4.79 Å². The van der Waals surface area contributed by atoms with Gasteiger partial charge in [0, 0.05) is 6.08 Å². The molecule has 1 aromatic carbocycles. The highest BCUT2D eigenvalue weighted by atomic mass is 16.5. The van der Waals surface area contributed by atoms with Crippen LogP contribution in [0.15, 0.2) is 24.3 Å². The number of carboxylic acids is 1. The van der Waals surface area contributed by atoms with Gasteiger partial charge in [-0.05, 0) is 49.1 Å². The highest BCUT2D eigenvalue weighted by Crippen LogP contribution is 2.29. The van der Waals surface area contributed by atoms with Gasteiger partial charge in [-0.15, -0.1) is 0 Å². The molecule has 3 nitrogen and oxygen atoms in total. The molecule has 0 atom stereocenters. The Bertz CT molecular complexity index is 511. The quantitative estimate of drug-likeness (QED) is 0.655.